The van der Waals surface area contributed by atoms with E-state index in [9.17, 15) is 8.42 Å². The second kappa shape index (κ2) is 6.97. The second-order valence-electron chi connectivity index (χ2n) is 5.59. The minimum atomic E-state index is -3.58. The molecule has 0 heterocycles. The van der Waals surface area contributed by atoms with Crippen molar-refractivity contribution in [2.75, 3.05) is 0 Å². The van der Waals surface area contributed by atoms with Gasteiger partial charge >= 0.3 is 0 Å². The van der Waals surface area contributed by atoms with Crippen LogP contribution in [-0.2, 0) is 10.2 Å². The van der Waals surface area contributed by atoms with Gasteiger partial charge in [-0.1, -0.05) is 44.3 Å². The zero-order valence-electron chi connectivity index (χ0n) is 11.7. The lowest BCUT2D eigenvalue weighted by molar-refractivity contribution is 0.369. The Morgan fingerprint density at radius 2 is 1.63 bits per heavy atom. The zero-order valence-corrected chi connectivity index (χ0v) is 13.4. The molecule has 0 aromatic heterocycles. The molecule has 0 aromatic rings. The summed E-state index contributed by atoms with van der Waals surface area (Å²) in [5, 5.41) is 0. The number of thiocarbonyl (C=S) groups is 1. The summed E-state index contributed by atoms with van der Waals surface area (Å²) in [7, 11) is -3.58. The van der Waals surface area contributed by atoms with Gasteiger partial charge in [-0.15, -0.1) is 0 Å². The van der Waals surface area contributed by atoms with Crippen LogP contribution in [0, 0.1) is 0 Å². The molecular formula is C12H25N3O2S2. The molecule has 0 aliphatic heterocycles. The van der Waals surface area contributed by atoms with E-state index in [1.54, 1.807) is 13.8 Å². The number of nitrogens with one attached hydrogen (secondary N) is 2. The highest BCUT2D eigenvalue weighted by Crippen LogP contribution is 2.27. The van der Waals surface area contributed by atoms with Crippen molar-refractivity contribution in [3.8, 4) is 0 Å². The van der Waals surface area contributed by atoms with Gasteiger partial charge in [-0.2, -0.15) is 17.9 Å². The normalized spacial score (nSPS) is 20.8. The summed E-state index contributed by atoms with van der Waals surface area (Å²) < 4.78 is 29.4. The Hall–Kier alpha value is -0.240. The van der Waals surface area contributed by atoms with Gasteiger partial charge in [0.25, 0.3) is 10.2 Å². The van der Waals surface area contributed by atoms with Crippen LogP contribution in [0.15, 0.2) is 0 Å². The Kier molecular flexibility index (Phi) is 6.16. The monoisotopic (exact) mass is 307 g/mol. The number of nitrogens with two attached hydrogens (primary N) is 1. The van der Waals surface area contributed by atoms with Crippen molar-refractivity contribution in [1.82, 2.24) is 9.44 Å². The highest BCUT2D eigenvalue weighted by Gasteiger charge is 2.37. The molecule has 0 amide bonds. The first-order chi connectivity index (χ1) is 8.77. The Morgan fingerprint density at radius 3 is 2.05 bits per heavy atom. The van der Waals surface area contributed by atoms with Crippen LogP contribution in [0.2, 0.25) is 0 Å². The van der Waals surface area contributed by atoms with E-state index in [2.05, 4.69) is 9.44 Å². The molecule has 4 N–H and O–H groups in total. The van der Waals surface area contributed by atoms with Gasteiger partial charge in [0.05, 0.1) is 10.5 Å². The van der Waals surface area contributed by atoms with E-state index in [1.165, 1.54) is 6.42 Å². The van der Waals surface area contributed by atoms with Crippen LogP contribution >= 0.6 is 12.2 Å². The van der Waals surface area contributed by atoms with E-state index in [0.29, 0.717) is 12.8 Å². The molecule has 1 fully saturated rings. The van der Waals surface area contributed by atoms with Crippen LogP contribution in [0.1, 0.15) is 58.8 Å². The van der Waals surface area contributed by atoms with Gasteiger partial charge < -0.3 is 5.73 Å². The summed E-state index contributed by atoms with van der Waals surface area (Å²) in [5.74, 6) is 0. The first-order valence-corrected chi connectivity index (χ1v) is 8.78. The third-order valence-electron chi connectivity index (χ3n) is 3.40. The molecule has 1 aliphatic rings. The van der Waals surface area contributed by atoms with Crippen molar-refractivity contribution in [3.63, 3.8) is 0 Å². The van der Waals surface area contributed by atoms with Gasteiger partial charge in [-0.3, -0.25) is 0 Å². The van der Waals surface area contributed by atoms with Crippen molar-refractivity contribution in [1.29, 1.82) is 0 Å². The van der Waals surface area contributed by atoms with E-state index in [4.69, 9.17) is 18.0 Å². The van der Waals surface area contributed by atoms with Crippen molar-refractivity contribution in [2.45, 2.75) is 70.4 Å². The van der Waals surface area contributed by atoms with E-state index in [1.807, 2.05) is 0 Å². The summed E-state index contributed by atoms with van der Waals surface area (Å²) in [6.07, 6.45) is 6.66. The fourth-order valence-electron chi connectivity index (χ4n) is 2.50. The zero-order chi connectivity index (χ0) is 14.5. The average Bonchev–Trinajstić information content (AvgIpc) is 2.19. The van der Waals surface area contributed by atoms with Crippen LogP contribution in [0.5, 0.6) is 0 Å². The highest BCUT2D eigenvalue weighted by molar-refractivity contribution is 7.87. The van der Waals surface area contributed by atoms with Gasteiger partial charge in [0.1, 0.15) is 0 Å². The summed E-state index contributed by atoms with van der Waals surface area (Å²) in [6.45, 7) is 3.57. The maximum absolute atomic E-state index is 12.1. The fourth-order valence-corrected chi connectivity index (χ4v) is 4.33. The van der Waals surface area contributed by atoms with E-state index in [0.717, 1.165) is 25.7 Å². The maximum atomic E-state index is 12.1. The minimum absolute atomic E-state index is 0.158. The topological polar surface area (TPSA) is 84.2 Å². The number of hydrogen-bond acceptors (Lipinski definition) is 3. The molecule has 0 aromatic carbocycles. The number of rotatable bonds is 5. The minimum Gasteiger partial charge on any atom is -0.392 e. The van der Waals surface area contributed by atoms with E-state index in [-0.39, 0.29) is 11.0 Å². The molecule has 19 heavy (non-hydrogen) atoms. The molecule has 1 aliphatic carbocycles. The van der Waals surface area contributed by atoms with E-state index >= 15 is 0 Å². The van der Waals surface area contributed by atoms with Crippen molar-refractivity contribution in [2.24, 2.45) is 5.73 Å². The Labute approximate surface area is 121 Å². The van der Waals surface area contributed by atoms with Gasteiger partial charge in [0.15, 0.2) is 0 Å². The predicted molar refractivity (Wildman–Crippen MR) is 82.2 cm³/mol. The summed E-state index contributed by atoms with van der Waals surface area (Å²) >= 11 is 5.14. The molecular weight excluding hydrogens is 282 g/mol. The Bertz CT molecular complexity index is 399. The molecule has 7 heteroatoms. The fraction of sp³-hybridized carbons (Fsp3) is 0.917. The van der Waals surface area contributed by atoms with Crippen LogP contribution < -0.4 is 15.2 Å². The lowest BCUT2D eigenvalue weighted by Crippen LogP contribution is -2.59. The third-order valence-corrected chi connectivity index (χ3v) is 5.23. The molecule has 112 valence electrons. The SMILES string of the molecule is CC(C)NS(=O)(=O)NC1(C(N)=S)CCCCCCC1. The van der Waals surface area contributed by atoms with Crippen LogP contribution in [0.25, 0.3) is 0 Å². The molecule has 1 rings (SSSR count). The molecule has 0 spiro atoms. The standard InChI is InChI=1S/C12H25N3O2S2/c1-10(2)14-19(16,17)15-12(11(13)18)8-6-4-3-5-7-9-12/h10,14-15H,3-9H2,1-2H3,(H2,13,18). The molecule has 0 bridgehead atoms. The highest BCUT2D eigenvalue weighted by atomic mass is 32.2. The van der Waals surface area contributed by atoms with Crippen molar-refractivity contribution in [3.05, 3.63) is 0 Å². The van der Waals surface area contributed by atoms with Crippen LogP contribution in [0.3, 0.4) is 0 Å². The smallest absolute Gasteiger partial charge is 0.278 e. The summed E-state index contributed by atoms with van der Waals surface area (Å²) in [4.78, 5) is 0.253. The molecule has 0 atom stereocenters. The Morgan fingerprint density at radius 1 is 1.16 bits per heavy atom. The first kappa shape index (κ1) is 16.8. The largest absolute Gasteiger partial charge is 0.392 e. The summed E-state index contributed by atoms with van der Waals surface area (Å²) in [6, 6.07) is -0.158. The van der Waals surface area contributed by atoms with E-state index < -0.39 is 15.7 Å². The van der Waals surface area contributed by atoms with Gasteiger partial charge in [0, 0.05) is 6.04 Å². The molecule has 0 unspecified atom stereocenters. The van der Waals surface area contributed by atoms with Gasteiger partial charge in [-0.05, 0) is 26.7 Å². The van der Waals surface area contributed by atoms with Gasteiger partial charge in [-0.25, -0.2) is 0 Å². The first-order valence-electron chi connectivity index (χ1n) is 6.88. The number of hydrogen-bond donors (Lipinski definition) is 3. The molecule has 0 saturated heterocycles. The van der Waals surface area contributed by atoms with Crippen molar-refractivity contribution < 1.29 is 8.42 Å². The second-order valence-corrected chi connectivity index (χ2v) is 7.48. The Balaban J connectivity index is 2.89. The third kappa shape index (κ3) is 5.33. The quantitative estimate of drug-likeness (QED) is 0.673. The predicted octanol–water partition coefficient (Wildman–Crippen LogP) is 1.59. The van der Waals surface area contributed by atoms with Gasteiger partial charge in [0.2, 0.25) is 0 Å². The lowest BCUT2D eigenvalue weighted by Gasteiger charge is -2.35. The molecule has 0 radical (unpaired) electrons. The van der Waals surface area contributed by atoms with Crippen LogP contribution in [0.4, 0.5) is 0 Å². The lowest BCUT2D eigenvalue weighted by atomic mass is 9.85. The average molecular weight is 307 g/mol. The molecule has 1 saturated carbocycles. The molecule has 5 nitrogen and oxygen atoms in total. The van der Waals surface area contributed by atoms with Crippen molar-refractivity contribution >= 4 is 27.4 Å². The van der Waals surface area contributed by atoms with Crippen LogP contribution in [-0.4, -0.2) is 25.0 Å². The maximum Gasteiger partial charge on any atom is 0.278 e. The summed E-state index contributed by atoms with van der Waals surface area (Å²) in [5.41, 5.74) is 5.07.